The van der Waals surface area contributed by atoms with Crippen LogP contribution in [0.5, 0.6) is 5.75 Å². The van der Waals surface area contributed by atoms with Gasteiger partial charge in [0.25, 0.3) is 0 Å². The lowest BCUT2D eigenvalue weighted by molar-refractivity contribution is -0.123. The van der Waals surface area contributed by atoms with Gasteiger partial charge in [0.05, 0.1) is 18.2 Å². The Morgan fingerprint density at radius 2 is 2.00 bits per heavy atom. The molecule has 6 nitrogen and oxygen atoms in total. The van der Waals surface area contributed by atoms with Crippen molar-refractivity contribution in [3.8, 4) is 17.0 Å². The number of hydrogen-bond acceptors (Lipinski definition) is 6. The average Bonchev–Trinajstić information content (AvgIpc) is 3.20. The van der Waals surface area contributed by atoms with E-state index in [1.807, 2.05) is 18.2 Å². The van der Waals surface area contributed by atoms with Gasteiger partial charge in [-0.1, -0.05) is 36.4 Å². The van der Waals surface area contributed by atoms with Crippen molar-refractivity contribution < 1.29 is 9.53 Å². The quantitative estimate of drug-likeness (QED) is 0.602. The summed E-state index contributed by atoms with van der Waals surface area (Å²) in [5.74, 6) is 0.764. The van der Waals surface area contributed by atoms with E-state index in [9.17, 15) is 4.79 Å². The zero-order valence-corrected chi connectivity index (χ0v) is 19.6. The van der Waals surface area contributed by atoms with Crippen molar-refractivity contribution in [2.45, 2.75) is 32.5 Å². The molecule has 1 fully saturated rings. The monoisotopic (exact) mass is 462 g/mol. The molecule has 2 aliphatic heterocycles. The minimum atomic E-state index is -0.178. The second-order valence-electron chi connectivity index (χ2n) is 8.97. The number of rotatable bonds is 6. The number of carbonyl (C=O) groups is 1. The molecule has 0 spiro atoms. The average molecular weight is 463 g/mol. The van der Waals surface area contributed by atoms with E-state index in [0.717, 1.165) is 74.1 Å². The fourth-order valence-corrected chi connectivity index (χ4v) is 5.59. The van der Waals surface area contributed by atoms with E-state index < -0.39 is 0 Å². The molecule has 1 saturated heterocycles. The minimum Gasteiger partial charge on any atom is -0.492 e. The molecule has 1 amide bonds. The third-order valence-corrected chi connectivity index (χ3v) is 7.31. The van der Waals surface area contributed by atoms with Crippen LogP contribution in [0.1, 0.15) is 29.0 Å². The summed E-state index contributed by atoms with van der Waals surface area (Å²) in [7, 11) is 0. The van der Waals surface area contributed by atoms with Gasteiger partial charge in [-0.2, -0.15) is 0 Å². The van der Waals surface area contributed by atoms with Crippen LogP contribution in [-0.4, -0.2) is 46.9 Å². The Hall–Kier alpha value is -2.74. The van der Waals surface area contributed by atoms with Crippen molar-refractivity contribution in [2.75, 3.05) is 26.2 Å². The van der Waals surface area contributed by atoms with Crippen molar-refractivity contribution in [2.24, 2.45) is 11.7 Å². The van der Waals surface area contributed by atoms with Crippen LogP contribution in [0.2, 0.25) is 0 Å². The first-order valence-corrected chi connectivity index (χ1v) is 12.5. The molecular formula is C26H30N4O2S. The van der Waals surface area contributed by atoms with E-state index in [0.29, 0.717) is 6.61 Å². The van der Waals surface area contributed by atoms with E-state index in [2.05, 4.69) is 45.5 Å². The highest BCUT2D eigenvalue weighted by Crippen LogP contribution is 2.28. The van der Waals surface area contributed by atoms with E-state index in [4.69, 9.17) is 15.5 Å². The molecular weight excluding hydrogens is 432 g/mol. The predicted molar refractivity (Wildman–Crippen MR) is 131 cm³/mol. The molecule has 172 valence electrons. The van der Waals surface area contributed by atoms with E-state index in [1.54, 1.807) is 11.3 Å². The largest absolute Gasteiger partial charge is 0.492 e. The fraction of sp³-hybridized carbons (Fsp3) is 0.385. The second-order valence-corrected chi connectivity index (χ2v) is 9.91. The molecule has 0 aliphatic carbocycles. The smallest absolute Gasteiger partial charge is 0.221 e. The molecule has 2 N–H and O–H groups in total. The number of thiazole rings is 1. The number of nitrogens with two attached hydrogens (primary N) is 1. The number of ether oxygens (including phenoxy) is 1. The number of piperidine rings is 1. The Bertz CT molecular complexity index is 1100. The number of nitrogens with zero attached hydrogens (tertiary/aromatic N) is 3. The van der Waals surface area contributed by atoms with Crippen LogP contribution in [0.15, 0.2) is 53.9 Å². The Labute approximate surface area is 199 Å². The summed E-state index contributed by atoms with van der Waals surface area (Å²) < 4.78 is 6.05. The van der Waals surface area contributed by atoms with Crippen LogP contribution in [0.25, 0.3) is 11.3 Å². The maximum atomic E-state index is 11.6. The van der Waals surface area contributed by atoms with Crippen LogP contribution in [0.3, 0.4) is 0 Å². The first-order chi connectivity index (χ1) is 16.1. The van der Waals surface area contributed by atoms with Crippen LogP contribution in [0, 0.1) is 5.92 Å². The highest BCUT2D eigenvalue weighted by atomic mass is 32.1. The first kappa shape index (κ1) is 22.1. The van der Waals surface area contributed by atoms with Gasteiger partial charge < -0.3 is 10.5 Å². The molecule has 0 radical (unpaired) electrons. The van der Waals surface area contributed by atoms with Crippen molar-refractivity contribution in [1.82, 2.24) is 14.8 Å². The van der Waals surface area contributed by atoms with Crippen molar-refractivity contribution >= 4 is 17.2 Å². The number of primary amides is 1. The highest BCUT2D eigenvalue weighted by Gasteiger charge is 2.24. The molecule has 1 aromatic heterocycles. The number of hydrogen-bond donors (Lipinski definition) is 1. The van der Waals surface area contributed by atoms with Gasteiger partial charge in [0.1, 0.15) is 17.4 Å². The van der Waals surface area contributed by atoms with Gasteiger partial charge in [0.2, 0.25) is 5.91 Å². The number of amides is 1. The second kappa shape index (κ2) is 10.0. The van der Waals surface area contributed by atoms with Crippen molar-refractivity contribution in [1.29, 1.82) is 0 Å². The normalized spacial score (nSPS) is 19.5. The summed E-state index contributed by atoms with van der Waals surface area (Å²) >= 11 is 1.72. The van der Waals surface area contributed by atoms with Gasteiger partial charge in [-0.05, 0) is 37.1 Å². The zero-order valence-electron chi connectivity index (χ0n) is 18.8. The maximum Gasteiger partial charge on any atom is 0.221 e. The standard InChI is InChI=1S/C26H30N4O2S/c27-26(31)21-7-4-10-29(15-21)14-19-8-9-24-22(13-19)16-30(11-12-32-24)17-25-28-23(18-33-25)20-5-2-1-3-6-20/h1-3,5-6,8-9,13,18,21H,4,7,10-12,14-17H2,(H2,27,31)/t21-/m1/s1. The number of aromatic nitrogens is 1. The summed E-state index contributed by atoms with van der Waals surface area (Å²) in [4.78, 5) is 21.2. The van der Waals surface area contributed by atoms with Gasteiger partial charge in [-0.15, -0.1) is 11.3 Å². The predicted octanol–water partition coefficient (Wildman–Crippen LogP) is 3.90. The Kier molecular flexibility index (Phi) is 6.71. The molecule has 2 aromatic carbocycles. The molecule has 5 rings (SSSR count). The van der Waals surface area contributed by atoms with Gasteiger partial charge in [0, 0.05) is 42.7 Å². The Morgan fingerprint density at radius 3 is 2.85 bits per heavy atom. The van der Waals surface area contributed by atoms with Gasteiger partial charge >= 0.3 is 0 Å². The van der Waals surface area contributed by atoms with Crippen LogP contribution in [-0.2, 0) is 24.4 Å². The highest BCUT2D eigenvalue weighted by molar-refractivity contribution is 7.09. The number of likely N-dealkylation sites (tertiary alicyclic amines) is 1. The van der Waals surface area contributed by atoms with E-state index >= 15 is 0 Å². The Balaban J connectivity index is 1.25. The minimum absolute atomic E-state index is 0.0301. The van der Waals surface area contributed by atoms with Crippen LogP contribution < -0.4 is 10.5 Å². The van der Waals surface area contributed by atoms with Crippen LogP contribution in [0.4, 0.5) is 0 Å². The lowest BCUT2D eigenvalue weighted by atomic mass is 9.97. The molecule has 3 aromatic rings. The zero-order chi connectivity index (χ0) is 22.6. The molecule has 7 heteroatoms. The molecule has 3 heterocycles. The molecule has 2 aliphatic rings. The van der Waals surface area contributed by atoms with E-state index in [1.165, 1.54) is 11.1 Å². The van der Waals surface area contributed by atoms with Gasteiger partial charge in [0.15, 0.2) is 0 Å². The SMILES string of the molecule is NC(=O)[C@@H]1CCCN(Cc2ccc3c(c2)CN(Cc2nc(-c4ccccc4)cs2)CCO3)C1. The maximum absolute atomic E-state index is 11.6. The van der Waals surface area contributed by atoms with Crippen molar-refractivity contribution in [3.63, 3.8) is 0 Å². The first-order valence-electron chi connectivity index (χ1n) is 11.6. The molecule has 0 unspecified atom stereocenters. The molecule has 1 atom stereocenters. The van der Waals surface area contributed by atoms with Gasteiger partial charge in [-0.3, -0.25) is 14.6 Å². The molecule has 33 heavy (non-hydrogen) atoms. The molecule has 0 saturated carbocycles. The summed E-state index contributed by atoms with van der Waals surface area (Å²) in [6.07, 6.45) is 1.93. The third-order valence-electron chi connectivity index (χ3n) is 6.48. The third kappa shape index (κ3) is 5.43. The summed E-state index contributed by atoms with van der Waals surface area (Å²) in [6, 6.07) is 16.8. The lowest BCUT2D eigenvalue weighted by Gasteiger charge is -2.31. The number of fused-ring (bicyclic) bond motifs is 1. The number of benzene rings is 2. The van der Waals surface area contributed by atoms with E-state index in [-0.39, 0.29) is 11.8 Å². The summed E-state index contributed by atoms with van der Waals surface area (Å²) in [5.41, 5.74) is 10.2. The fourth-order valence-electron chi connectivity index (χ4n) is 4.74. The summed E-state index contributed by atoms with van der Waals surface area (Å²) in [5, 5.41) is 3.27. The Morgan fingerprint density at radius 1 is 1.12 bits per heavy atom. The van der Waals surface area contributed by atoms with Crippen molar-refractivity contribution in [3.05, 3.63) is 70.0 Å². The lowest BCUT2D eigenvalue weighted by Crippen LogP contribution is -2.40. The topological polar surface area (TPSA) is 71.7 Å². The number of carbonyl (C=O) groups excluding carboxylic acids is 1. The molecule has 0 bridgehead atoms. The summed E-state index contributed by atoms with van der Waals surface area (Å²) in [6.45, 7) is 5.81. The van der Waals surface area contributed by atoms with Gasteiger partial charge in [-0.25, -0.2) is 4.98 Å². The van der Waals surface area contributed by atoms with Crippen LogP contribution >= 0.6 is 11.3 Å².